The van der Waals surface area contributed by atoms with Crippen LogP contribution in [0.1, 0.15) is 135 Å². The van der Waals surface area contributed by atoms with Crippen molar-refractivity contribution in [1.82, 2.24) is 16.0 Å². The molecule has 0 aliphatic heterocycles. The SMILES string of the molecule is NC(C=O)CCCCNC(=O)CCC(NC(=O)CCC(NC(=O)CCCCCCCCCCCCCCC(=O)O)C(=O)O)C(=O)O. The van der Waals surface area contributed by atoms with Crippen molar-refractivity contribution in [2.45, 2.75) is 153 Å². The number of unbranched alkanes of at least 4 members (excludes halogenated alkanes) is 12. The lowest BCUT2D eigenvalue weighted by atomic mass is 10.0. The van der Waals surface area contributed by atoms with Gasteiger partial charge in [-0.2, -0.15) is 0 Å². The molecule has 0 aromatic rings. The van der Waals surface area contributed by atoms with E-state index in [1.807, 2.05) is 0 Å². The van der Waals surface area contributed by atoms with Crippen molar-refractivity contribution >= 4 is 41.9 Å². The van der Waals surface area contributed by atoms with Gasteiger partial charge in [0.2, 0.25) is 17.7 Å². The molecule has 14 nitrogen and oxygen atoms in total. The summed E-state index contributed by atoms with van der Waals surface area (Å²) in [6.45, 7) is 0.346. The second kappa shape index (κ2) is 27.7. The van der Waals surface area contributed by atoms with E-state index in [1.165, 1.54) is 0 Å². The molecule has 8 N–H and O–H groups in total. The molecule has 0 aliphatic rings. The van der Waals surface area contributed by atoms with Gasteiger partial charge in [-0.25, -0.2) is 9.59 Å². The lowest BCUT2D eigenvalue weighted by molar-refractivity contribution is -0.143. The molecule has 0 aromatic heterocycles. The van der Waals surface area contributed by atoms with Gasteiger partial charge in [-0.3, -0.25) is 19.2 Å². The molecule has 0 spiro atoms. The fourth-order valence-corrected chi connectivity index (χ4v) is 4.82. The number of rotatable bonds is 31. The smallest absolute Gasteiger partial charge is 0.326 e. The van der Waals surface area contributed by atoms with Crippen molar-refractivity contribution in [3.63, 3.8) is 0 Å². The van der Waals surface area contributed by atoms with E-state index in [-0.39, 0.29) is 44.4 Å². The van der Waals surface area contributed by atoms with Crippen molar-refractivity contribution in [2.75, 3.05) is 6.54 Å². The van der Waals surface area contributed by atoms with Crippen LogP contribution in [0.15, 0.2) is 0 Å². The first-order valence-corrected chi connectivity index (χ1v) is 16.7. The van der Waals surface area contributed by atoms with Gasteiger partial charge in [0, 0.05) is 32.2 Å². The average molecular weight is 657 g/mol. The Balaban J connectivity index is 4.12. The first-order chi connectivity index (χ1) is 22.0. The van der Waals surface area contributed by atoms with Gasteiger partial charge in [0.15, 0.2) is 0 Å². The molecular formula is C32H56N4O10. The molecule has 0 rings (SSSR count). The zero-order valence-electron chi connectivity index (χ0n) is 27.1. The Morgan fingerprint density at radius 1 is 0.522 bits per heavy atom. The Bertz CT molecular complexity index is 931. The summed E-state index contributed by atoms with van der Waals surface area (Å²) in [4.78, 5) is 80.8. The van der Waals surface area contributed by atoms with Crippen LogP contribution in [0.5, 0.6) is 0 Å². The topological polar surface area (TPSA) is 242 Å². The summed E-state index contributed by atoms with van der Waals surface area (Å²) >= 11 is 0. The summed E-state index contributed by atoms with van der Waals surface area (Å²) in [7, 11) is 0. The van der Waals surface area contributed by atoms with Crippen molar-refractivity contribution in [2.24, 2.45) is 5.73 Å². The molecule has 3 unspecified atom stereocenters. The third-order valence-electron chi connectivity index (χ3n) is 7.59. The molecule has 0 saturated carbocycles. The van der Waals surface area contributed by atoms with Crippen LogP contribution in [0.25, 0.3) is 0 Å². The molecule has 0 heterocycles. The van der Waals surface area contributed by atoms with Gasteiger partial charge in [-0.05, 0) is 44.9 Å². The van der Waals surface area contributed by atoms with E-state index in [0.29, 0.717) is 38.5 Å². The predicted molar refractivity (Wildman–Crippen MR) is 171 cm³/mol. The Hall–Kier alpha value is -3.55. The molecule has 264 valence electrons. The standard InChI is InChI=1S/C32H56N4O10/c33-24(23-37)15-13-14-22-34-27(38)20-18-25(31(43)44)36-29(40)21-19-26(32(45)46)35-28(39)16-11-9-7-5-3-1-2-4-6-8-10-12-17-30(41)42/h23-26H,1-22,33H2,(H,34,38)(H,35,39)(H,36,40)(H,41,42)(H,43,44)(H,45,46). The number of carbonyl (C=O) groups is 7. The number of amides is 3. The minimum absolute atomic E-state index is 0.141. The number of carboxylic acid groups (broad SMARTS) is 3. The minimum Gasteiger partial charge on any atom is -0.481 e. The van der Waals surface area contributed by atoms with E-state index in [9.17, 15) is 43.8 Å². The summed E-state index contributed by atoms with van der Waals surface area (Å²) in [6, 6.07) is -3.15. The lowest BCUT2D eigenvalue weighted by Crippen LogP contribution is -2.44. The van der Waals surface area contributed by atoms with Gasteiger partial charge in [0.25, 0.3) is 0 Å². The maximum atomic E-state index is 12.3. The first-order valence-electron chi connectivity index (χ1n) is 16.7. The molecule has 3 atom stereocenters. The summed E-state index contributed by atoms with van der Waals surface area (Å²) < 4.78 is 0. The van der Waals surface area contributed by atoms with Crippen molar-refractivity contribution in [3.05, 3.63) is 0 Å². The fourth-order valence-electron chi connectivity index (χ4n) is 4.82. The van der Waals surface area contributed by atoms with Crippen LogP contribution in [-0.4, -0.2) is 81.9 Å². The van der Waals surface area contributed by atoms with Gasteiger partial charge in [-0.15, -0.1) is 0 Å². The molecule has 0 fully saturated rings. The Kier molecular flexibility index (Phi) is 25.6. The largest absolute Gasteiger partial charge is 0.481 e. The molecule has 3 amide bonds. The van der Waals surface area contributed by atoms with Crippen LogP contribution in [0.3, 0.4) is 0 Å². The third kappa shape index (κ3) is 25.7. The van der Waals surface area contributed by atoms with E-state index < -0.39 is 47.8 Å². The molecule has 0 aromatic carbocycles. The number of nitrogens with two attached hydrogens (primary N) is 1. The van der Waals surface area contributed by atoms with E-state index in [4.69, 9.17) is 10.8 Å². The van der Waals surface area contributed by atoms with Gasteiger partial charge >= 0.3 is 17.9 Å². The van der Waals surface area contributed by atoms with Crippen LogP contribution in [0, 0.1) is 0 Å². The highest BCUT2D eigenvalue weighted by molar-refractivity contribution is 5.86. The first kappa shape index (κ1) is 42.5. The molecule has 46 heavy (non-hydrogen) atoms. The van der Waals surface area contributed by atoms with E-state index in [0.717, 1.165) is 70.6 Å². The Morgan fingerprint density at radius 3 is 1.37 bits per heavy atom. The van der Waals surface area contributed by atoms with E-state index in [1.54, 1.807) is 0 Å². The summed E-state index contributed by atoms with van der Waals surface area (Å²) in [6.07, 6.45) is 14.0. The van der Waals surface area contributed by atoms with Gasteiger partial charge in [0.1, 0.15) is 18.4 Å². The summed E-state index contributed by atoms with van der Waals surface area (Å²) in [5.41, 5.74) is 5.50. The molecule has 0 saturated heterocycles. The molecular weight excluding hydrogens is 600 g/mol. The molecule has 0 aliphatic carbocycles. The van der Waals surface area contributed by atoms with Gasteiger partial charge in [-0.1, -0.05) is 64.2 Å². The van der Waals surface area contributed by atoms with Crippen molar-refractivity contribution in [3.8, 4) is 0 Å². The number of carbonyl (C=O) groups excluding carboxylic acids is 4. The number of nitrogens with one attached hydrogen (secondary N) is 3. The number of aldehydes is 1. The van der Waals surface area contributed by atoms with Crippen LogP contribution in [-0.2, 0) is 33.6 Å². The second-order valence-electron chi connectivity index (χ2n) is 11.8. The highest BCUT2D eigenvalue weighted by Gasteiger charge is 2.24. The normalized spacial score (nSPS) is 12.8. The predicted octanol–water partition coefficient (Wildman–Crippen LogP) is 3.04. The molecule has 0 bridgehead atoms. The van der Waals surface area contributed by atoms with Crippen LogP contribution >= 0.6 is 0 Å². The van der Waals surface area contributed by atoms with Crippen LogP contribution in [0.4, 0.5) is 0 Å². The summed E-state index contributed by atoms with van der Waals surface area (Å²) in [5.74, 6) is -4.86. The van der Waals surface area contributed by atoms with Gasteiger partial charge in [0.05, 0.1) is 6.04 Å². The maximum absolute atomic E-state index is 12.3. The fraction of sp³-hybridized carbons (Fsp3) is 0.781. The Morgan fingerprint density at radius 2 is 0.935 bits per heavy atom. The number of hydrogen-bond donors (Lipinski definition) is 7. The van der Waals surface area contributed by atoms with E-state index >= 15 is 0 Å². The Labute approximate surface area is 272 Å². The third-order valence-corrected chi connectivity index (χ3v) is 7.59. The minimum atomic E-state index is -1.33. The van der Waals surface area contributed by atoms with Crippen molar-refractivity contribution in [1.29, 1.82) is 0 Å². The van der Waals surface area contributed by atoms with Gasteiger partial charge < -0.3 is 41.8 Å². The number of aliphatic carboxylic acids is 3. The zero-order valence-corrected chi connectivity index (χ0v) is 27.1. The van der Waals surface area contributed by atoms with Crippen LogP contribution < -0.4 is 21.7 Å². The van der Waals surface area contributed by atoms with E-state index in [2.05, 4.69) is 16.0 Å². The zero-order chi connectivity index (χ0) is 34.6. The molecule has 0 radical (unpaired) electrons. The number of carboxylic acids is 3. The van der Waals surface area contributed by atoms with Crippen molar-refractivity contribution < 1.29 is 48.9 Å². The quantitative estimate of drug-likeness (QED) is 0.0422. The monoisotopic (exact) mass is 656 g/mol. The molecule has 14 heteroatoms. The van der Waals surface area contributed by atoms with Crippen LogP contribution in [0.2, 0.25) is 0 Å². The number of hydrogen-bond acceptors (Lipinski definition) is 8. The lowest BCUT2D eigenvalue weighted by Gasteiger charge is -2.17. The second-order valence-corrected chi connectivity index (χ2v) is 11.8. The average Bonchev–Trinajstić information content (AvgIpc) is 3.00. The highest BCUT2D eigenvalue weighted by atomic mass is 16.4. The maximum Gasteiger partial charge on any atom is 0.326 e. The highest BCUT2D eigenvalue weighted by Crippen LogP contribution is 2.13. The summed E-state index contributed by atoms with van der Waals surface area (Å²) in [5, 5.41) is 34.9.